The maximum atomic E-state index is 12.1. The highest BCUT2D eigenvalue weighted by atomic mass is 32.1. The molecule has 114 valence electrons. The van der Waals surface area contributed by atoms with Crippen LogP contribution in [0.1, 0.15) is 29.1 Å². The van der Waals surface area contributed by atoms with Crippen molar-refractivity contribution in [2.24, 2.45) is 0 Å². The van der Waals surface area contributed by atoms with Crippen molar-refractivity contribution < 1.29 is 19.5 Å². The third-order valence-corrected chi connectivity index (χ3v) is 3.80. The summed E-state index contributed by atoms with van der Waals surface area (Å²) >= 11 is 1.20. The molecule has 1 rings (SSSR count). The number of likely N-dealkylation sites (N-methyl/N-ethyl adjacent to an activating group) is 1. The normalized spacial score (nSPS) is 12.1. The molecule has 1 aromatic rings. The van der Waals surface area contributed by atoms with Crippen LogP contribution in [0.3, 0.4) is 0 Å². The second kappa shape index (κ2) is 7.58. The Morgan fingerprint density at radius 1 is 1.48 bits per heavy atom. The fraction of sp³-hybridized carbons (Fsp3) is 0.357. The van der Waals surface area contributed by atoms with Gasteiger partial charge in [-0.3, -0.25) is 9.59 Å². The molecule has 6 nitrogen and oxygen atoms in total. The lowest BCUT2D eigenvalue weighted by Crippen LogP contribution is -2.45. The van der Waals surface area contributed by atoms with Crippen LogP contribution < -0.4 is 5.32 Å². The highest BCUT2D eigenvalue weighted by Crippen LogP contribution is 2.18. The van der Waals surface area contributed by atoms with E-state index in [0.717, 1.165) is 6.08 Å². The molecule has 0 aliphatic heterocycles. The second-order valence-electron chi connectivity index (χ2n) is 4.42. The predicted octanol–water partition coefficient (Wildman–Crippen LogP) is 1.44. The van der Waals surface area contributed by atoms with Crippen molar-refractivity contribution in [2.75, 3.05) is 13.6 Å². The number of carbonyl (C=O) groups excluding carboxylic acids is 2. The first-order valence-electron chi connectivity index (χ1n) is 6.41. The molecule has 1 atom stereocenters. The average molecular weight is 310 g/mol. The summed E-state index contributed by atoms with van der Waals surface area (Å²) in [5.74, 6) is -1.65. The molecule has 0 aliphatic rings. The zero-order chi connectivity index (χ0) is 16.0. The van der Waals surface area contributed by atoms with Gasteiger partial charge in [0.1, 0.15) is 6.04 Å². The quantitative estimate of drug-likeness (QED) is 0.778. The van der Waals surface area contributed by atoms with Gasteiger partial charge in [0.25, 0.3) is 5.91 Å². The SMILES string of the molecule is CCN(C)C(=O)C(C)NC(=O)c1sccc1/C=C/C(=O)O. The first-order chi connectivity index (χ1) is 9.86. The topological polar surface area (TPSA) is 86.7 Å². The Labute approximate surface area is 127 Å². The minimum absolute atomic E-state index is 0.176. The Balaban J connectivity index is 2.79. The van der Waals surface area contributed by atoms with Gasteiger partial charge in [-0.2, -0.15) is 0 Å². The van der Waals surface area contributed by atoms with Gasteiger partial charge in [-0.1, -0.05) is 0 Å². The Morgan fingerprint density at radius 3 is 2.71 bits per heavy atom. The lowest BCUT2D eigenvalue weighted by molar-refractivity contribution is -0.132. The lowest BCUT2D eigenvalue weighted by Gasteiger charge is -2.20. The second-order valence-corrected chi connectivity index (χ2v) is 5.34. The number of hydrogen-bond acceptors (Lipinski definition) is 4. The molecule has 21 heavy (non-hydrogen) atoms. The monoisotopic (exact) mass is 310 g/mol. The van der Waals surface area contributed by atoms with Crippen molar-refractivity contribution in [3.8, 4) is 0 Å². The highest BCUT2D eigenvalue weighted by molar-refractivity contribution is 7.12. The number of carboxylic acids is 1. The van der Waals surface area contributed by atoms with Gasteiger partial charge in [-0.05, 0) is 36.9 Å². The highest BCUT2D eigenvalue weighted by Gasteiger charge is 2.20. The minimum Gasteiger partial charge on any atom is -0.478 e. The van der Waals surface area contributed by atoms with Gasteiger partial charge in [0.15, 0.2) is 0 Å². The maximum Gasteiger partial charge on any atom is 0.328 e. The van der Waals surface area contributed by atoms with E-state index in [-0.39, 0.29) is 11.8 Å². The molecule has 0 saturated heterocycles. The van der Waals surface area contributed by atoms with Crippen molar-refractivity contribution >= 4 is 35.2 Å². The van der Waals surface area contributed by atoms with E-state index in [1.165, 1.54) is 22.3 Å². The molecule has 0 radical (unpaired) electrons. The van der Waals surface area contributed by atoms with Gasteiger partial charge in [-0.15, -0.1) is 11.3 Å². The number of thiophene rings is 1. The molecule has 0 saturated carbocycles. The number of rotatable bonds is 6. The largest absolute Gasteiger partial charge is 0.478 e. The zero-order valence-electron chi connectivity index (χ0n) is 12.1. The van der Waals surface area contributed by atoms with Crippen molar-refractivity contribution in [1.29, 1.82) is 0 Å². The molecule has 0 bridgehead atoms. The van der Waals surface area contributed by atoms with Crippen LogP contribution in [0, 0.1) is 0 Å². The standard InChI is InChI=1S/C14H18N2O4S/c1-4-16(3)14(20)9(2)15-13(19)12-10(7-8-21-12)5-6-11(17)18/h5-9H,4H2,1-3H3,(H,15,19)(H,17,18)/b6-5+. The van der Waals surface area contributed by atoms with Crippen LogP contribution >= 0.6 is 11.3 Å². The molecule has 0 spiro atoms. The van der Waals surface area contributed by atoms with Crippen LogP contribution in [0.5, 0.6) is 0 Å². The summed E-state index contributed by atoms with van der Waals surface area (Å²) in [7, 11) is 1.66. The molecule has 0 fully saturated rings. The molecule has 0 aliphatic carbocycles. The molecule has 1 unspecified atom stereocenters. The number of nitrogens with zero attached hydrogens (tertiary/aromatic N) is 1. The van der Waals surface area contributed by atoms with E-state index in [1.54, 1.807) is 25.4 Å². The van der Waals surface area contributed by atoms with E-state index in [0.29, 0.717) is 17.0 Å². The van der Waals surface area contributed by atoms with E-state index in [1.807, 2.05) is 6.92 Å². The van der Waals surface area contributed by atoms with Gasteiger partial charge in [0, 0.05) is 19.7 Å². The average Bonchev–Trinajstić information content (AvgIpc) is 2.91. The summed E-state index contributed by atoms with van der Waals surface area (Å²) in [4.78, 5) is 36.5. The van der Waals surface area contributed by atoms with E-state index in [2.05, 4.69) is 5.32 Å². The van der Waals surface area contributed by atoms with Crippen molar-refractivity contribution in [1.82, 2.24) is 10.2 Å². The minimum atomic E-state index is -1.08. The third kappa shape index (κ3) is 4.71. The predicted molar refractivity (Wildman–Crippen MR) is 81.2 cm³/mol. The van der Waals surface area contributed by atoms with Crippen LogP contribution in [0.25, 0.3) is 6.08 Å². The number of carbonyl (C=O) groups is 3. The van der Waals surface area contributed by atoms with Crippen LogP contribution in [0.15, 0.2) is 17.5 Å². The molecular formula is C14H18N2O4S. The first kappa shape index (κ1) is 16.9. The molecule has 7 heteroatoms. The number of aliphatic carboxylic acids is 1. The van der Waals surface area contributed by atoms with Crippen molar-refractivity contribution in [3.05, 3.63) is 28.0 Å². The maximum absolute atomic E-state index is 12.1. The Bertz CT molecular complexity index is 565. The molecule has 1 aromatic heterocycles. The fourth-order valence-electron chi connectivity index (χ4n) is 1.61. The van der Waals surface area contributed by atoms with Crippen LogP contribution in [0.2, 0.25) is 0 Å². The Hall–Kier alpha value is -2.15. The summed E-state index contributed by atoms with van der Waals surface area (Å²) in [6, 6.07) is 1.02. The first-order valence-corrected chi connectivity index (χ1v) is 7.29. The van der Waals surface area contributed by atoms with Crippen LogP contribution in [-0.4, -0.2) is 47.4 Å². The summed E-state index contributed by atoms with van der Waals surface area (Å²) < 4.78 is 0. The molecular weight excluding hydrogens is 292 g/mol. The van der Waals surface area contributed by atoms with E-state index in [9.17, 15) is 14.4 Å². The van der Waals surface area contributed by atoms with Crippen molar-refractivity contribution in [2.45, 2.75) is 19.9 Å². The number of hydrogen-bond donors (Lipinski definition) is 2. The molecule has 2 amide bonds. The zero-order valence-corrected chi connectivity index (χ0v) is 12.9. The van der Waals surface area contributed by atoms with E-state index >= 15 is 0 Å². The summed E-state index contributed by atoms with van der Waals surface area (Å²) in [5.41, 5.74) is 0.517. The van der Waals surface area contributed by atoms with Crippen LogP contribution in [-0.2, 0) is 9.59 Å². The summed E-state index contributed by atoms with van der Waals surface area (Å²) in [6.07, 6.45) is 2.33. The van der Waals surface area contributed by atoms with Crippen LogP contribution in [0.4, 0.5) is 0 Å². The van der Waals surface area contributed by atoms with Gasteiger partial charge < -0.3 is 15.3 Å². The molecule has 1 heterocycles. The number of nitrogens with one attached hydrogen (secondary N) is 1. The van der Waals surface area contributed by atoms with Gasteiger partial charge in [-0.25, -0.2) is 4.79 Å². The third-order valence-electron chi connectivity index (χ3n) is 2.88. The van der Waals surface area contributed by atoms with E-state index < -0.39 is 12.0 Å². The number of amides is 2. The fourth-order valence-corrected chi connectivity index (χ4v) is 2.40. The smallest absolute Gasteiger partial charge is 0.328 e. The summed E-state index contributed by atoms with van der Waals surface area (Å²) in [5, 5.41) is 12.9. The Morgan fingerprint density at radius 2 is 2.14 bits per heavy atom. The lowest BCUT2D eigenvalue weighted by atomic mass is 10.2. The van der Waals surface area contributed by atoms with Gasteiger partial charge in [0.2, 0.25) is 5.91 Å². The van der Waals surface area contributed by atoms with Crippen molar-refractivity contribution in [3.63, 3.8) is 0 Å². The molecule has 2 N–H and O–H groups in total. The summed E-state index contributed by atoms with van der Waals surface area (Å²) in [6.45, 7) is 4.03. The Kier molecular flexibility index (Phi) is 6.10. The van der Waals surface area contributed by atoms with E-state index in [4.69, 9.17) is 5.11 Å². The van der Waals surface area contributed by atoms with Gasteiger partial charge in [0.05, 0.1) is 4.88 Å². The number of carboxylic acid groups (broad SMARTS) is 1. The molecule has 0 aromatic carbocycles. The van der Waals surface area contributed by atoms with Gasteiger partial charge >= 0.3 is 5.97 Å².